The molecular weight excluding hydrogens is 458 g/mol. The largest absolute Gasteiger partial charge is 0.332 e. The van der Waals surface area contributed by atoms with E-state index in [0.717, 1.165) is 14.4 Å². The van der Waals surface area contributed by atoms with Crippen molar-refractivity contribution in [2.45, 2.75) is 24.9 Å². The Morgan fingerprint density at radius 1 is 1.06 bits per heavy atom. The molecule has 4 rings (SSSR count). The molecule has 0 unspecified atom stereocenters. The molecule has 0 radical (unpaired) electrons. The van der Waals surface area contributed by atoms with Crippen molar-refractivity contribution in [1.82, 2.24) is 32.5 Å². The zero-order valence-electron chi connectivity index (χ0n) is 18.2. The first kappa shape index (κ1) is 22.2. The number of hydrogen-bond acceptors (Lipinski definition) is 6. The average Bonchev–Trinajstić information content (AvgIpc) is 3.27. The third-order valence-electron chi connectivity index (χ3n) is 5.49. The van der Waals surface area contributed by atoms with Crippen LogP contribution < -0.4 is 11.2 Å². The van der Waals surface area contributed by atoms with Crippen molar-refractivity contribution < 1.29 is 8.42 Å². The van der Waals surface area contributed by atoms with Crippen LogP contribution in [0, 0.1) is 0 Å². The van der Waals surface area contributed by atoms with Crippen LogP contribution in [0.4, 0.5) is 0 Å². The molecule has 0 saturated heterocycles. The molecule has 1 aromatic carbocycles. The smallest absolute Gasteiger partial charge is 0.327 e. The number of fused-ring (bicyclic) bond motifs is 2. The maximum absolute atomic E-state index is 12.8. The molecule has 0 saturated carbocycles. The van der Waals surface area contributed by atoms with Gasteiger partial charge in [-0.1, -0.05) is 0 Å². The third kappa shape index (κ3) is 3.17. The number of aromatic nitrogens is 6. The molecular formula is C19H22ClN7O4S. The molecule has 32 heavy (non-hydrogen) atoms. The molecule has 3 heterocycles. The third-order valence-corrected chi connectivity index (χ3v) is 7.59. The number of benzene rings is 1. The van der Waals surface area contributed by atoms with Gasteiger partial charge in [0.25, 0.3) is 5.56 Å². The molecule has 0 aliphatic rings. The van der Waals surface area contributed by atoms with Gasteiger partial charge in [-0.25, -0.2) is 22.5 Å². The Bertz CT molecular complexity index is 1610. The molecule has 11 nitrogen and oxygen atoms in total. The maximum Gasteiger partial charge on any atom is 0.332 e. The van der Waals surface area contributed by atoms with Crippen LogP contribution in [-0.2, 0) is 37.2 Å². The van der Waals surface area contributed by atoms with Gasteiger partial charge in [-0.3, -0.25) is 13.9 Å². The van der Waals surface area contributed by atoms with Crippen LogP contribution in [-0.4, -0.2) is 55.1 Å². The van der Waals surface area contributed by atoms with Gasteiger partial charge in [-0.2, -0.15) is 4.98 Å². The number of halogens is 1. The average molecular weight is 480 g/mol. The minimum Gasteiger partial charge on any atom is -0.327 e. The second-order valence-electron chi connectivity index (χ2n) is 7.56. The number of hydrogen-bond donors (Lipinski definition) is 0. The highest BCUT2D eigenvalue weighted by Crippen LogP contribution is 2.24. The Hall–Kier alpha value is -2.96. The van der Waals surface area contributed by atoms with E-state index in [0.29, 0.717) is 17.9 Å². The predicted molar refractivity (Wildman–Crippen MR) is 121 cm³/mol. The molecule has 0 amide bonds. The number of imidazole rings is 2. The van der Waals surface area contributed by atoms with E-state index in [9.17, 15) is 18.0 Å². The fourth-order valence-electron chi connectivity index (χ4n) is 3.71. The van der Waals surface area contributed by atoms with Crippen LogP contribution in [0.5, 0.6) is 0 Å². The first-order valence-corrected chi connectivity index (χ1v) is 11.5. The van der Waals surface area contributed by atoms with Gasteiger partial charge >= 0.3 is 5.69 Å². The molecule has 0 N–H and O–H groups in total. The van der Waals surface area contributed by atoms with Gasteiger partial charge in [0.15, 0.2) is 11.2 Å². The van der Waals surface area contributed by atoms with E-state index < -0.39 is 21.3 Å². The summed E-state index contributed by atoms with van der Waals surface area (Å²) in [4.78, 5) is 34.0. The molecule has 13 heteroatoms. The van der Waals surface area contributed by atoms with Crippen molar-refractivity contribution in [1.29, 1.82) is 0 Å². The lowest BCUT2D eigenvalue weighted by Gasteiger charge is -2.11. The summed E-state index contributed by atoms with van der Waals surface area (Å²) in [5.41, 5.74) is 0.610. The van der Waals surface area contributed by atoms with Crippen LogP contribution in [0.1, 0.15) is 12.7 Å². The van der Waals surface area contributed by atoms with E-state index in [1.165, 1.54) is 43.4 Å². The topological polar surface area (TPSA) is 117 Å². The van der Waals surface area contributed by atoms with Crippen LogP contribution in [0.2, 0.25) is 5.28 Å². The molecule has 0 bridgehead atoms. The van der Waals surface area contributed by atoms with Crippen LogP contribution in [0.15, 0.2) is 32.7 Å². The van der Waals surface area contributed by atoms with Crippen LogP contribution in [0.3, 0.4) is 0 Å². The quantitative estimate of drug-likeness (QED) is 0.390. The fraction of sp³-hybridized carbons (Fsp3) is 0.368. The highest BCUT2D eigenvalue weighted by atomic mass is 35.5. The highest BCUT2D eigenvalue weighted by Gasteiger charge is 2.22. The minimum atomic E-state index is -3.61. The van der Waals surface area contributed by atoms with Crippen molar-refractivity contribution in [3.8, 4) is 0 Å². The summed E-state index contributed by atoms with van der Waals surface area (Å²) in [7, 11) is 2.24. The monoisotopic (exact) mass is 479 g/mol. The summed E-state index contributed by atoms with van der Waals surface area (Å²) in [5.74, 6) is 0.569. The van der Waals surface area contributed by atoms with Gasteiger partial charge in [-0.05, 0) is 36.7 Å². The van der Waals surface area contributed by atoms with Gasteiger partial charge in [-0.15, -0.1) is 0 Å². The van der Waals surface area contributed by atoms with Crippen molar-refractivity contribution in [3.05, 3.63) is 50.1 Å². The van der Waals surface area contributed by atoms with Gasteiger partial charge in [0, 0.05) is 34.7 Å². The summed E-state index contributed by atoms with van der Waals surface area (Å²) >= 11 is 6.35. The number of sulfonamides is 1. The van der Waals surface area contributed by atoms with Crippen LogP contribution in [0.25, 0.3) is 22.2 Å². The molecule has 0 fully saturated rings. The fourth-order valence-corrected chi connectivity index (χ4v) is 4.86. The SMILES string of the molecule is CCn1c(Cn2c(Cl)nc3c2c(=O)n(C)c(=O)n3C)nc2cc(S(=O)(=O)N(C)C)ccc21. The second kappa shape index (κ2) is 7.57. The van der Waals surface area contributed by atoms with Crippen molar-refractivity contribution >= 4 is 43.8 Å². The van der Waals surface area contributed by atoms with Crippen molar-refractivity contribution in [2.75, 3.05) is 14.1 Å². The Kier molecular flexibility index (Phi) is 5.26. The summed E-state index contributed by atoms with van der Waals surface area (Å²) < 4.78 is 31.8. The zero-order chi connectivity index (χ0) is 23.5. The molecule has 4 aromatic rings. The standard InChI is InChI=1S/C19H22ClN7O4S/c1-6-26-13-8-7-11(32(30,31)23(2)3)9-12(13)21-14(26)10-27-15-16(22-18(27)20)24(4)19(29)25(5)17(15)28/h7-9H,6,10H2,1-5H3. The van der Waals surface area contributed by atoms with E-state index in [1.807, 2.05) is 11.5 Å². The minimum absolute atomic E-state index is 0.0453. The van der Waals surface area contributed by atoms with Gasteiger partial charge in [0.1, 0.15) is 5.82 Å². The van der Waals surface area contributed by atoms with Gasteiger partial charge in [0.2, 0.25) is 15.3 Å². The number of aryl methyl sites for hydroxylation is 2. The first-order chi connectivity index (χ1) is 15.0. The molecule has 170 valence electrons. The Morgan fingerprint density at radius 3 is 2.38 bits per heavy atom. The van der Waals surface area contributed by atoms with E-state index >= 15 is 0 Å². The maximum atomic E-state index is 12.8. The lowest BCUT2D eigenvalue weighted by Crippen LogP contribution is -2.37. The Balaban J connectivity index is 1.92. The highest BCUT2D eigenvalue weighted by molar-refractivity contribution is 7.89. The second-order valence-corrected chi connectivity index (χ2v) is 10.0. The van der Waals surface area contributed by atoms with E-state index in [1.54, 1.807) is 12.1 Å². The Labute approximate surface area is 188 Å². The molecule has 0 atom stereocenters. The van der Waals surface area contributed by atoms with E-state index in [-0.39, 0.29) is 27.9 Å². The summed E-state index contributed by atoms with van der Waals surface area (Å²) in [5, 5.41) is 0.0453. The van der Waals surface area contributed by atoms with Crippen molar-refractivity contribution in [2.24, 2.45) is 14.1 Å². The number of rotatable bonds is 5. The summed E-state index contributed by atoms with van der Waals surface area (Å²) in [6.45, 7) is 2.61. The molecule has 0 aliphatic carbocycles. The lowest BCUT2D eigenvalue weighted by molar-refractivity contribution is 0.521. The van der Waals surface area contributed by atoms with Crippen molar-refractivity contribution in [3.63, 3.8) is 0 Å². The van der Waals surface area contributed by atoms with Gasteiger partial charge < -0.3 is 9.13 Å². The van der Waals surface area contributed by atoms with Crippen LogP contribution >= 0.6 is 11.6 Å². The molecule has 0 aliphatic heterocycles. The number of nitrogens with zero attached hydrogens (tertiary/aromatic N) is 7. The Morgan fingerprint density at radius 2 is 1.75 bits per heavy atom. The van der Waals surface area contributed by atoms with Gasteiger partial charge in [0.05, 0.1) is 22.5 Å². The normalized spacial score (nSPS) is 12.5. The lowest BCUT2D eigenvalue weighted by atomic mass is 10.3. The zero-order valence-corrected chi connectivity index (χ0v) is 19.8. The van der Waals surface area contributed by atoms with E-state index in [4.69, 9.17) is 11.6 Å². The predicted octanol–water partition coefficient (Wildman–Crippen LogP) is 0.755. The van der Waals surface area contributed by atoms with E-state index in [2.05, 4.69) is 9.97 Å². The molecule has 0 spiro atoms. The summed E-state index contributed by atoms with van der Waals surface area (Å²) in [6.07, 6.45) is 0. The summed E-state index contributed by atoms with van der Waals surface area (Å²) in [6, 6.07) is 4.78. The first-order valence-electron chi connectivity index (χ1n) is 9.72. The molecule has 3 aromatic heterocycles.